The molecule has 25 heavy (non-hydrogen) atoms. The molecule has 2 aromatic carbocycles. The molecule has 0 unspecified atom stereocenters. The van der Waals surface area contributed by atoms with E-state index in [1.807, 2.05) is 12.1 Å². The molecule has 0 N–H and O–H groups in total. The summed E-state index contributed by atoms with van der Waals surface area (Å²) in [5.74, 6) is 0. The van der Waals surface area contributed by atoms with E-state index in [2.05, 4.69) is 24.0 Å². The van der Waals surface area contributed by atoms with Crippen molar-refractivity contribution in [3.05, 3.63) is 69.8 Å². The normalized spacial score (nSPS) is 11.1. The summed E-state index contributed by atoms with van der Waals surface area (Å²) in [6, 6.07) is 14.7. The average molecular weight is 338 g/mol. The van der Waals surface area contributed by atoms with Gasteiger partial charge in [-0.3, -0.25) is 15.1 Å². The second-order valence-electron chi connectivity index (χ2n) is 6.29. The van der Waals surface area contributed by atoms with Crippen molar-refractivity contribution in [3.63, 3.8) is 0 Å². The molecule has 0 radical (unpaired) electrons. The van der Waals surface area contributed by atoms with Crippen LogP contribution in [0.2, 0.25) is 0 Å². The molecule has 0 saturated carbocycles. The quantitative estimate of drug-likeness (QED) is 0.222. The van der Waals surface area contributed by atoms with Crippen molar-refractivity contribution in [1.29, 1.82) is 0 Å². The fraction of sp³-hybridized carbons (Fsp3) is 0.381. The van der Waals surface area contributed by atoms with Gasteiger partial charge in [0.2, 0.25) is 0 Å². The van der Waals surface area contributed by atoms with E-state index >= 15 is 0 Å². The van der Waals surface area contributed by atoms with Gasteiger partial charge in [-0.1, -0.05) is 51.2 Å². The summed E-state index contributed by atoms with van der Waals surface area (Å²) in [6.07, 6.45) is 10.7. The van der Waals surface area contributed by atoms with Crippen molar-refractivity contribution in [2.75, 3.05) is 0 Å². The predicted octanol–water partition coefficient (Wildman–Crippen LogP) is 6.25. The van der Waals surface area contributed by atoms with Crippen LogP contribution in [0.1, 0.15) is 56.6 Å². The molecule has 0 spiro atoms. The fourth-order valence-corrected chi connectivity index (χ4v) is 2.69. The Balaban J connectivity index is 1.80. The second-order valence-corrected chi connectivity index (χ2v) is 6.29. The van der Waals surface area contributed by atoms with Crippen LogP contribution in [0.3, 0.4) is 0 Å². The number of rotatable bonds is 10. The van der Waals surface area contributed by atoms with E-state index in [4.69, 9.17) is 0 Å². The third kappa shape index (κ3) is 6.87. The first kappa shape index (κ1) is 18.8. The smallest absolute Gasteiger partial charge is 0.258 e. The molecule has 0 fully saturated rings. The Morgan fingerprint density at radius 1 is 0.920 bits per heavy atom. The lowest BCUT2D eigenvalue weighted by Crippen LogP contribution is -1.88. The zero-order valence-corrected chi connectivity index (χ0v) is 14.9. The third-order valence-corrected chi connectivity index (χ3v) is 4.22. The van der Waals surface area contributed by atoms with E-state index in [1.54, 1.807) is 18.3 Å². The van der Waals surface area contributed by atoms with E-state index in [-0.39, 0.29) is 5.69 Å². The van der Waals surface area contributed by atoms with E-state index < -0.39 is 4.92 Å². The number of hydrogen-bond donors (Lipinski definition) is 0. The molecule has 0 heterocycles. The van der Waals surface area contributed by atoms with Crippen molar-refractivity contribution in [2.45, 2.75) is 51.9 Å². The highest BCUT2D eigenvalue weighted by molar-refractivity contribution is 5.82. The molecule has 2 rings (SSSR count). The number of hydrogen-bond acceptors (Lipinski definition) is 3. The van der Waals surface area contributed by atoms with Gasteiger partial charge in [0.05, 0.1) is 10.6 Å². The third-order valence-electron chi connectivity index (χ3n) is 4.22. The number of nitro groups is 1. The molecule has 0 aromatic heterocycles. The Hall–Kier alpha value is -2.49. The minimum Gasteiger partial charge on any atom is -0.258 e. The van der Waals surface area contributed by atoms with Gasteiger partial charge in [0, 0.05) is 18.3 Å². The van der Waals surface area contributed by atoms with Crippen LogP contribution in [0.5, 0.6) is 0 Å². The molecule has 0 saturated heterocycles. The molecule has 0 aliphatic carbocycles. The molecule has 132 valence electrons. The topological polar surface area (TPSA) is 55.5 Å². The molecule has 0 aliphatic rings. The van der Waals surface area contributed by atoms with Crippen LogP contribution in [0.25, 0.3) is 0 Å². The van der Waals surface area contributed by atoms with E-state index in [9.17, 15) is 10.1 Å². The van der Waals surface area contributed by atoms with Gasteiger partial charge in [0.25, 0.3) is 5.69 Å². The molecule has 4 heteroatoms. The molecule has 0 atom stereocenters. The van der Waals surface area contributed by atoms with Crippen LogP contribution in [0, 0.1) is 10.1 Å². The standard InChI is InChI=1S/C21H26N2O2/c1-2-3-4-5-6-7-8-18-9-13-20(14-10-18)22-17-19-11-15-21(16-12-19)23(24)25/h9-17H,2-8H2,1H3/b22-17+. The average Bonchev–Trinajstić information content (AvgIpc) is 2.64. The lowest BCUT2D eigenvalue weighted by Gasteiger charge is -2.02. The first-order valence-corrected chi connectivity index (χ1v) is 9.06. The summed E-state index contributed by atoms with van der Waals surface area (Å²) in [6.45, 7) is 2.24. The largest absolute Gasteiger partial charge is 0.269 e. The maximum atomic E-state index is 10.6. The number of nitro benzene ring substituents is 1. The Labute approximate surface area is 149 Å². The fourth-order valence-electron chi connectivity index (χ4n) is 2.69. The van der Waals surface area contributed by atoms with Crippen molar-refractivity contribution >= 4 is 17.6 Å². The zero-order valence-electron chi connectivity index (χ0n) is 14.9. The van der Waals surface area contributed by atoms with Gasteiger partial charge in [-0.05, 0) is 48.2 Å². The van der Waals surface area contributed by atoms with Crippen LogP contribution in [-0.4, -0.2) is 11.1 Å². The number of benzene rings is 2. The van der Waals surface area contributed by atoms with Crippen LogP contribution in [0.15, 0.2) is 53.5 Å². The number of unbranched alkanes of at least 4 members (excludes halogenated alkanes) is 5. The van der Waals surface area contributed by atoms with Crippen LogP contribution in [-0.2, 0) is 6.42 Å². The highest BCUT2D eigenvalue weighted by Crippen LogP contribution is 2.16. The minimum absolute atomic E-state index is 0.0937. The van der Waals surface area contributed by atoms with Gasteiger partial charge in [0.15, 0.2) is 0 Å². The molecule has 4 nitrogen and oxygen atoms in total. The number of nitrogens with zero attached hydrogens (tertiary/aromatic N) is 2. The Morgan fingerprint density at radius 2 is 1.56 bits per heavy atom. The summed E-state index contributed by atoms with van der Waals surface area (Å²) < 4.78 is 0. The number of aryl methyl sites for hydroxylation is 1. The molecule has 0 aliphatic heterocycles. The van der Waals surface area contributed by atoms with Gasteiger partial charge < -0.3 is 0 Å². The van der Waals surface area contributed by atoms with Crippen LogP contribution in [0.4, 0.5) is 11.4 Å². The van der Waals surface area contributed by atoms with Crippen LogP contribution < -0.4 is 0 Å². The van der Waals surface area contributed by atoms with Crippen molar-refractivity contribution in [3.8, 4) is 0 Å². The van der Waals surface area contributed by atoms with Crippen molar-refractivity contribution in [2.24, 2.45) is 4.99 Å². The molecular formula is C21H26N2O2. The molecule has 0 bridgehead atoms. The van der Waals surface area contributed by atoms with E-state index in [1.165, 1.54) is 56.2 Å². The van der Waals surface area contributed by atoms with E-state index in [0.717, 1.165) is 17.7 Å². The summed E-state index contributed by atoms with van der Waals surface area (Å²) in [4.78, 5) is 14.7. The first-order valence-electron chi connectivity index (χ1n) is 9.06. The highest BCUT2D eigenvalue weighted by Gasteiger charge is 2.02. The van der Waals surface area contributed by atoms with Crippen molar-refractivity contribution < 1.29 is 4.92 Å². The molecule has 2 aromatic rings. The summed E-state index contributed by atoms with van der Waals surface area (Å²) >= 11 is 0. The summed E-state index contributed by atoms with van der Waals surface area (Å²) in [5.41, 5.74) is 3.19. The van der Waals surface area contributed by atoms with Gasteiger partial charge in [0.1, 0.15) is 0 Å². The number of non-ortho nitro benzene ring substituents is 1. The SMILES string of the molecule is CCCCCCCCc1ccc(/N=C/c2ccc([N+](=O)[O-])cc2)cc1. The van der Waals surface area contributed by atoms with Gasteiger partial charge >= 0.3 is 0 Å². The zero-order chi connectivity index (χ0) is 17.9. The lowest BCUT2D eigenvalue weighted by molar-refractivity contribution is -0.384. The Kier molecular flexibility index (Phi) is 7.83. The Bertz CT molecular complexity index is 676. The lowest BCUT2D eigenvalue weighted by atomic mass is 10.0. The monoisotopic (exact) mass is 338 g/mol. The van der Waals surface area contributed by atoms with Crippen LogP contribution >= 0.6 is 0 Å². The highest BCUT2D eigenvalue weighted by atomic mass is 16.6. The minimum atomic E-state index is -0.399. The summed E-state index contributed by atoms with van der Waals surface area (Å²) in [7, 11) is 0. The maximum absolute atomic E-state index is 10.6. The second kappa shape index (κ2) is 10.4. The van der Waals surface area contributed by atoms with Gasteiger partial charge in [-0.25, -0.2) is 0 Å². The van der Waals surface area contributed by atoms with E-state index in [0.29, 0.717) is 0 Å². The predicted molar refractivity (Wildman–Crippen MR) is 104 cm³/mol. The molecule has 0 amide bonds. The maximum Gasteiger partial charge on any atom is 0.269 e. The molecular weight excluding hydrogens is 312 g/mol. The number of aliphatic imine (C=N–C) groups is 1. The van der Waals surface area contributed by atoms with Gasteiger partial charge in [-0.15, -0.1) is 0 Å². The summed E-state index contributed by atoms with van der Waals surface area (Å²) in [5, 5.41) is 10.6. The van der Waals surface area contributed by atoms with Crippen molar-refractivity contribution in [1.82, 2.24) is 0 Å². The van der Waals surface area contributed by atoms with Gasteiger partial charge in [-0.2, -0.15) is 0 Å². The Morgan fingerprint density at radius 3 is 2.20 bits per heavy atom. The first-order chi connectivity index (χ1) is 12.2.